The van der Waals surface area contributed by atoms with Crippen LogP contribution in [0.2, 0.25) is 0 Å². The lowest BCUT2D eigenvalue weighted by Crippen LogP contribution is -2.36. The van der Waals surface area contributed by atoms with Crippen molar-refractivity contribution in [2.24, 2.45) is 11.1 Å². The van der Waals surface area contributed by atoms with Crippen LogP contribution in [0.1, 0.15) is 37.9 Å². The van der Waals surface area contributed by atoms with Crippen LogP contribution in [0.15, 0.2) is 24.3 Å². The van der Waals surface area contributed by atoms with Gasteiger partial charge in [0.2, 0.25) is 0 Å². The first-order valence-electron chi connectivity index (χ1n) is 5.64. The average molecular weight is 261 g/mol. The van der Waals surface area contributed by atoms with Crippen LogP contribution in [0.5, 0.6) is 0 Å². The van der Waals surface area contributed by atoms with Crippen molar-refractivity contribution >= 4 is 0 Å². The van der Waals surface area contributed by atoms with Crippen molar-refractivity contribution in [3.8, 4) is 0 Å². The molecule has 0 aliphatic carbocycles. The molecule has 0 radical (unpaired) electrons. The van der Waals surface area contributed by atoms with Crippen LogP contribution in [0.3, 0.4) is 0 Å². The van der Waals surface area contributed by atoms with Gasteiger partial charge in [-0.05, 0) is 23.1 Å². The topological polar surface area (TPSA) is 46.2 Å². The van der Waals surface area contributed by atoms with E-state index in [0.717, 1.165) is 12.1 Å². The van der Waals surface area contributed by atoms with Crippen LogP contribution >= 0.6 is 0 Å². The quantitative estimate of drug-likeness (QED) is 0.859. The maximum Gasteiger partial charge on any atom is 0.416 e. The summed E-state index contributed by atoms with van der Waals surface area (Å²) in [6, 6.07) is 3.87. The molecule has 0 fully saturated rings. The zero-order valence-corrected chi connectivity index (χ0v) is 10.6. The van der Waals surface area contributed by atoms with E-state index in [1.165, 1.54) is 12.1 Å². The molecule has 0 saturated carbocycles. The molecule has 0 aliphatic rings. The second kappa shape index (κ2) is 4.90. The Kier molecular flexibility index (Phi) is 4.08. The van der Waals surface area contributed by atoms with Crippen molar-refractivity contribution in [2.45, 2.75) is 39.1 Å². The molecular weight excluding hydrogens is 243 g/mol. The Balaban J connectivity index is 2.93. The van der Waals surface area contributed by atoms with Crippen LogP contribution in [0.25, 0.3) is 0 Å². The van der Waals surface area contributed by atoms with Crippen molar-refractivity contribution in [1.29, 1.82) is 0 Å². The first-order chi connectivity index (χ1) is 8.03. The molecule has 0 aliphatic heterocycles. The van der Waals surface area contributed by atoms with E-state index in [0.29, 0.717) is 5.56 Å². The van der Waals surface area contributed by atoms with Gasteiger partial charge in [-0.3, -0.25) is 0 Å². The van der Waals surface area contributed by atoms with E-state index < -0.39 is 29.3 Å². The third kappa shape index (κ3) is 3.46. The predicted octanol–water partition coefficient (Wildman–Crippen LogP) is 3.11. The summed E-state index contributed by atoms with van der Waals surface area (Å²) in [6.45, 7) is 5.46. The van der Waals surface area contributed by atoms with Gasteiger partial charge in [-0.15, -0.1) is 0 Å². The van der Waals surface area contributed by atoms with Crippen LogP contribution in [-0.2, 0) is 6.18 Å². The summed E-state index contributed by atoms with van der Waals surface area (Å²) < 4.78 is 37.2. The zero-order chi connectivity index (χ0) is 14.1. The van der Waals surface area contributed by atoms with Gasteiger partial charge < -0.3 is 10.8 Å². The number of hydrogen-bond donors (Lipinski definition) is 2. The summed E-state index contributed by atoms with van der Waals surface area (Å²) in [5.74, 6) is 0. The summed E-state index contributed by atoms with van der Waals surface area (Å²) in [6.07, 6.45) is -5.18. The predicted molar refractivity (Wildman–Crippen MR) is 63.8 cm³/mol. The summed E-state index contributed by atoms with van der Waals surface area (Å²) in [7, 11) is 0. The van der Waals surface area contributed by atoms with Crippen molar-refractivity contribution in [2.75, 3.05) is 0 Å². The first-order valence-corrected chi connectivity index (χ1v) is 5.64. The normalized spacial score (nSPS) is 16.4. The molecule has 2 atom stereocenters. The molecule has 0 heterocycles. The third-order valence-corrected chi connectivity index (χ3v) is 2.85. The number of aliphatic hydroxyl groups is 1. The van der Waals surface area contributed by atoms with Gasteiger partial charge in [0.25, 0.3) is 0 Å². The second-order valence-electron chi connectivity index (χ2n) is 5.46. The third-order valence-electron chi connectivity index (χ3n) is 2.85. The minimum absolute atomic E-state index is 0.428. The van der Waals surface area contributed by atoms with E-state index in [9.17, 15) is 18.3 Å². The van der Waals surface area contributed by atoms with E-state index >= 15 is 0 Å². The Morgan fingerprint density at radius 3 is 1.83 bits per heavy atom. The highest BCUT2D eigenvalue weighted by atomic mass is 19.4. The minimum Gasteiger partial charge on any atom is -0.391 e. The highest BCUT2D eigenvalue weighted by Crippen LogP contribution is 2.32. The van der Waals surface area contributed by atoms with E-state index in [4.69, 9.17) is 5.73 Å². The van der Waals surface area contributed by atoms with E-state index in [1.807, 2.05) is 20.8 Å². The molecule has 0 aromatic heterocycles. The molecule has 102 valence electrons. The molecule has 1 rings (SSSR count). The minimum atomic E-state index is -4.36. The number of benzene rings is 1. The monoisotopic (exact) mass is 261 g/mol. The molecule has 0 spiro atoms. The Hall–Kier alpha value is -1.07. The van der Waals surface area contributed by atoms with Crippen molar-refractivity contribution < 1.29 is 18.3 Å². The number of halogens is 3. The summed E-state index contributed by atoms with van der Waals surface area (Å²) in [5.41, 5.74) is 5.20. The van der Waals surface area contributed by atoms with Gasteiger partial charge in [-0.1, -0.05) is 32.9 Å². The van der Waals surface area contributed by atoms with Crippen molar-refractivity contribution in [1.82, 2.24) is 0 Å². The largest absolute Gasteiger partial charge is 0.416 e. The molecule has 2 nitrogen and oxygen atoms in total. The zero-order valence-electron chi connectivity index (χ0n) is 10.6. The number of aliphatic hydroxyl groups excluding tert-OH is 1. The van der Waals surface area contributed by atoms with Crippen LogP contribution in [0, 0.1) is 5.41 Å². The molecular formula is C13H18F3NO. The Labute approximate surface area is 105 Å². The fraction of sp³-hybridized carbons (Fsp3) is 0.538. The highest BCUT2D eigenvalue weighted by molar-refractivity contribution is 5.27. The molecule has 0 saturated heterocycles. The maximum atomic E-state index is 12.4. The number of hydrogen-bond acceptors (Lipinski definition) is 2. The standard InChI is InChI=1S/C13H18F3NO/c1-12(2,3)11(18)10(17)8-4-6-9(7-5-8)13(14,15)16/h4-7,10-11,18H,17H2,1-3H3/t10-,11-/m0/s1. The highest BCUT2D eigenvalue weighted by Gasteiger charge is 2.32. The second-order valence-corrected chi connectivity index (χ2v) is 5.46. The fourth-order valence-electron chi connectivity index (χ4n) is 1.62. The summed E-state index contributed by atoms with van der Waals surface area (Å²) >= 11 is 0. The molecule has 18 heavy (non-hydrogen) atoms. The number of alkyl halides is 3. The molecule has 5 heteroatoms. The summed E-state index contributed by atoms with van der Waals surface area (Å²) in [5, 5.41) is 9.99. The van der Waals surface area contributed by atoms with Gasteiger partial charge in [0.15, 0.2) is 0 Å². The lowest BCUT2D eigenvalue weighted by molar-refractivity contribution is -0.137. The van der Waals surface area contributed by atoms with Gasteiger partial charge in [0, 0.05) is 0 Å². The van der Waals surface area contributed by atoms with E-state index in [-0.39, 0.29) is 0 Å². The van der Waals surface area contributed by atoms with E-state index in [1.54, 1.807) is 0 Å². The number of nitrogens with two attached hydrogens (primary N) is 1. The van der Waals surface area contributed by atoms with Gasteiger partial charge in [-0.2, -0.15) is 13.2 Å². The lowest BCUT2D eigenvalue weighted by atomic mass is 9.82. The first kappa shape index (κ1) is 15.0. The van der Waals surface area contributed by atoms with Crippen molar-refractivity contribution in [3.05, 3.63) is 35.4 Å². The molecule has 1 aromatic rings. The molecule has 0 amide bonds. The van der Waals surface area contributed by atoms with Gasteiger partial charge in [-0.25, -0.2) is 0 Å². The lowest BCUT2D eigenvalue weighted by Gasteiger charge is -2.31. The maximum absolute atomic E-state index is 12.4. The van der Waals surface area contributed by atoms with Gasteiger partial charge >= 0.3 is 6.18 Å². The SMILES string of the molecule is CC(C)(C)[C@@H](O)[C@@H](N)c1ccc(C(F)(F)F)cc1. The van der Waals surface area contributed by atoms with E-state index in [2.05, 4.69) is 0 Å². The fourth-order valence-corrected chi connectivity index (χ4v) is 1.62. The molecule has 3 N–H and O–H groups in total. The number of rotatable bonds is 2. The van der Waals surface area contributed by atoms with Crippen LogP contribution in [-0.4, -0.2) is 11.2 Å². The molecule has 1 aromatic carbocycles. The molecule has 0 unspecified atom stereocenters. The smallest absolute Gasteiger partial charge is 0.391 e. The Bertz CT molecular complexity index is 392. The Morgan fingerprint density at radius 2 is 1.50 bits per heavy atom. The summed E-state index contributed by atoms with van der Waals surface area (Å²) in [4.78, 5) is 0. The van der Waals surface area contributed by atoms with Gasteiger partial charge in [0.1, 0.15) is 0 Å². The molecule has 0 bridgehead atoms. The van der Waals surface area contributed by atoms with Gasteiger partial charge in [0.05, 0.1) is 17.7 Å². The van der Waals surface area contributed by atoms with Crippen molar-refractivity contribution in [3.63, 3.8) is 0 Å². The van der Waals surface area contributed by atoms with Crippen LogP contribution in [0.4, 0.5) is 13.2 Å². The van der Waals surface area contributed by atoms with Crippen LogP contribution < -0.4 is 5.73 Å². The Morgan fingerprint density at radius 1 is 1.06 bits per heavy atom. The average Bonchev–Trinajstić information content (AvgIpc) is 2.25.